The topological polar surface area (TPSA) is 90.3 Å². The highest BCUT2D eigenvalue weighted by Gasteiger charge is 2.20. The molecule has 4 aromatic rings. The number of para-hydroxylation sites is 1. The van der Waals surface area contributed by atoms with Gasteiger partial charge in [-0.3, -0.25) is 9.59 Å². The van der Waals surface area contributed by atoms with Crippen molar-refractivity contribution >= 4 is 28.5 Å². The zero-order valence-electron chi connectivity index (χ0n) is 15.5. The summed E-state index contributed by atoms with van der Waals surface area (Å²) < 4.78 is 7.61. The van der Waals surface area contributed by atoms with Crippen molar-refractivity contribution in [1.82, 2.24) is 4.57 Å². The summed E-state index contributed by atoms with van der Waals surface area (Å²) in [6, 6.07) is 18.4. The summed E-state index contributed by atoms with van der Waals surface area (Å²) in [6.45, 7) is 4.06. The molecular weight excluding hydrogens is 354 g/mol. The molecule has 6 nitrogen and oxygen atoms in total. The highest BCUT2D eigenvalue weighted by atomic mass is 16.3. The van der Waals surface area contributed by atoms with Gasteiger partial charge in [0.1, 0.15) is 11.3 Å². The summed E-state index contributed by atoms with van der Waals surface area (Å²) in [7, 11) is 0. The number of hydrogen-bond donors (Lipinski definition) is 2. The minimum Gasteiger partial charge on any atom is -0.449 e. The number of benzene rings is 2. The Morgan fingerprint density at radius 1 is 0.929 bits per heavy atom. The fourth-order valence-electron chi connectivity index (χ4n) is 3.37. The van der Waals surface area contributed by atoms with Gasteiger partial charge in [-0.05, 0) is 62.4 Å². The molecule has 2 amide bonds. The van der Waals surface area contributed by atoms with Gasteiger partial charge in [0.25, 0.3) is 11.8 Å². The summed E-state index contributed by atoms with van der Waals surface area (Å²) in [5.41, 5.74) is 9.85. The van der Waals surface area contributed by atoms with Crippen LogP contribution in [0.2, 0.25) is 0 Å². The molecule has 0 radical (unpaired) electrons. The maximum atomic E-state index is 12.8. The van der Waals surface area contributed by atoms with Crippen molar-refractivity contribution in [2.75, 3.05) is 5.32 Å². The Kier molecular flexibility index (Phi) is 4.24. The third kappa shape index (κ3) is 2.95. The van der Waals surface area contributed by atoms with Crippen LogP contribution in [-0.4, -0.2) is 16.4 Å². The van der Waals surface area contributed by atoms with Gasteiger partial charge in [0.2, 0.25) is 5.76 Å². The minimum atomic E-state index is -0.736. The molecule has 28 heavy (non-hydrogen) atoms. The van der Waals surface area contributed by atoms with E-state index in [9.17, 15) is 9.59 Å². The lowest BCUT2D eigenvalue weighted by molar-refractivity contribution is 0.0977. The van der Waals surface area contributed by atoms with Gasteiger partial charge in [-0.25, -0.2) is 0 Å². The van der Waals surface area contributed by atoms with E-state index in [1.807, 2.05) is 38.1 Å². The number of aromatic nitrogens is 1. The fraction of sp³-hybridized carbons (Fsp3) is 0.0909. The van der Waals surface area contributed by atoms with Crippen LogP contribution in [0.1, 0.15) is 32.3 Å². The second-order valence-corrected chi connectivity index (χ2v) is 6.62. The van der Waals surface area contributed by atoms with Crippen LogP contribution in [0.3, 0.4) is 0 Å². The number of primary amides is 1. The Morgan fingerprint density at radius 3 is 2.21 bits per heavy atom. The number of hydrogen-bond acceptors (Lipinski definition) is 3. The molecule has 2 heterocycles. The summed E-state index contributed by atoms with van der Waals surface area (Å²) in [4.78, 5) is 24.5. The molecule has 0 unspecified atom stereocenters. The van der Waals surface area contributed by atoms with Gasteiger partial charge >= 0.3 is 0 Å². The van der Waals surface area contributed by atoms with E-state index >= 15 is 0 Å². The normalized spacial score (nSPS) is 10.9. The van der Waals surface area contributed by atoms with Gasteiger partial charge in [-0.2, -0.15) is 0 Å². The molecular formula is C22H19N3O3. The number of amides is 2. The third-order valence-corrected chi connectivity index (χ3v) is 4.72. The second kappa shape index (κ2) is 6.74. The Bertz CT molecular complexity index is 1180. The van der Waals surface area contributed by atoms with E-state index in [0.717, 1.165) is 17.1 Å². The minimum absolute atomic E-state index is 0.0650. The highest BCUT2D eigenvalue weighted by molar-refractivity contribution is 6.14. The van der Waals surface area contributed by atoms with E-state index < -0.39 is 5.91 Å². The number of anilines is 1. The standard InChI is InChI=1S/C22H19N3O3/c1-13-7-8-14(2)25(13)16-11-9-15(10-12-16)22(27)24-19-17-5-3-4-6-18(17)28-20(19)21(23)26/h3-12H,1-2H3,(H2,23,26)(H,24,27). The molecule has 0 aliphatic rings. The van der Waals surface area contributed by atoms with Crippen molar-refractivity contribution in [3.63, 3.8) is 0 Å². The smallest absolute Gasteiger partial charge is 0.286 e. The number of aryl methyl sites for hydroxylation is 2. The zero-order chi connectivity index (χ0) is 19.8. The monoisotopic (exact) mass is 373 g/mol. The number of carbonyl (C=O) groups excluding carboxylic acids is 2. The van der Waals surface area contributed by atoms with E-state index in [1.165, 1.54) is 0 Å². The molecule has 2 aromatic carbocycles. The molecule has 4 rings (SSSR count). The Labute approximate surface area is 161 Å². The van der Waals surface area contributed by atoms with E-state index in [2.05, 4.69) is 9.88 Å². The van der Waals surface area contributed by atoms with Gasteiger partial charge < -0.3 is 20.0 Å². The molecule has 2 aromatic heterocycles. The van der Waals surface area contributed by atoms with Crippen molar-refractivity contribution in [3.8, 4) is 5.69 Å². The van der Waals surface area contributed by atoms with Crippen molar-refractivity contribution in [3.05, 3.63) is 83.4 Å². The van der Waals surface area contributed by atoms with Gasteiger partial charge in [0.05, 0.1) is 0 Å². The average Bonchev–Trinajstić information content (AvgIpc) is 3.22. The molecule has 0 aliphatic carbocycles. The first-order valence-electron chi connectivity index (χ1n) is 8.84. The fourth-order valence-corrected chi connectivity index (χ4v) is 3.37. The largest absolute Gasteiger partial charge is 0.449 e. The SMILES string of the molecule is Cc1ccc(C)n1-c1ccc(C(=O)Nc2c(C(N)=O)oc3ccccc23)cc1. The average molecular weight is 373 g/mol. The molecule has 0 bridgehead atoms. The number of nitrogens with two attached hydrogens (primary N) is 1. The molecule has 0 atom stereocenters. The zero-order valence-corrected chi connectivity index (χ0v) is 15.5. The van der Waals surface area contributed by atoms with E-state index in [0.29, 0.717) is 16.5 Å². The van der Waals surface area contributed by atoms with Crippen molar-refractivity contribution < 1.29 is 14.0 Å². The number of fused-ring (bicyclic) bond motifs is 1. The lowest BCUT2D eigenvalue weighted by Crippen LogP contribution is -2.17. The van der Waals surface area contributed by atoms with Gasteiger partial charge in [-0.1, -0.05) is 12.1 Å². The first-order chi connectivity index (χ1) is 13.5. The summed E-state index contributed by atoms with van der Waals surface area (Å²) >= 11 is 0. The van der Waals surface area contributed by atoms with Gasteiger partial charge in [0, 0.05) is 28.0 Å². The molecule has 0 spiro atoms. The maximum absolute atomic E-state index is 12.8. The lowest BCUT2D eigenvalue weighted by atomic mass is 10.1. The van der Waals surface area contributed by atoms with Crippen LogP contribution < -0.4 is 11.1 Å². The Balaban J connectivity index is 1.65. The predicted octanol–water partition coefficient (Wildman–Crippen LogP) is 4.19. The molecule has 140 valence electrons. The maximum Gasteiger partial charge on any atom is 0.286 e. The Hall–Kier alpha value is -3.80. The summed E-state index contributed by atoms with van der Waals surface area (Å²) in [6.07, 6.45) is 0. The van der Waals surface area contributed by atoms with Crippen LogP contribution in [-0.2, 0) is 0 Å². The number of rotatable bonds is 4. The quantitative estimate of drug-likeness (QED) is 0.562. The molecule has 0 fully saturated rings. The van der Waals surface area contributed by atoms with Crippen molar-refractivity contribution in [1.29, 1.82) is 0 Å². The van der Waals surface area contributed by atoms with Crippen molar-refractivity contribution in [2.45, 2.75) is 13.8 Å². The Morgan fingerprint density at radius 2 is 1.57 bits per heavy atom. The van der Waals surface area contributed by atoms with E-state index in [4.69, 9.17) is 10.2 Å². The van der Waals surface area contributed by atoms with E-state index in [1.54, 1.807) is 36.4 Å². The molecule has 0 saturated carbocycles. The molecule has 6 heteroatoms. The summed E-state index contributed by atoms with van der Waals surface area (Å²) in [5.74, 6) is -1.15. The number of nitrogens with one attached hydrogen (secondary N) is 1. The predicted molar refractivity (Wildman–Crippen MR) is 108 cm³/mol. The van der Waals surface area contributed by atoms with Gasteiger partial charge in [0.15, 0.2) is 0 Å². The van der Waals surface area contributed by atoms with Crippen LogP contribution in [0.15, 0.2) is 65.1 Å². The third-order valence-electron chi connectivity index (χ3n) is 4.72. The molecule has 0 saturated heterocycles. The first kappa shape index (κ1) is 17.6. The molecule has 0 aliphatic heterocycles. The first-order valence-corrected chi connectivity index (χ1v) is 8.84. The highest BCUT2D eigenvalue weighted by Crippen LogP contribution is 2.31. The van der Waals surface area contributed by atoms with E-state index in [-0.39, 0.29) is 17.4 Å². The van der Waals surface area contributed by atoms with Gasteiger partial charge in [-0.15, -0.1) is 0 Å². The van der Waals surface area contributed by atoms with Crippen LogP contribution in [0.5, 0.6) is 0 Å². The second-order valence-electron chi connectivity index (χ2n) is 6.62. The summed E-state index contributed by atoms with van der Waals surface area (Å²) in [5, 5.41) is 3.39. The lowest BCUT2D eigenvalue weighted by Gasteiger charge is -2.10. The van der Waals surface area contributed by atoms with Crippen LogP contribution >= 0.6 is 0 Å². The number of carbonyl (C=O) groups is 2. The number of nitrogens with zero attached hydrogens (tertiary/aromatic N) is 1. The van der Waals surface area contributed by atoms with Crippen LogP contribution in [0.4, 0.5) is 5.69 Å². The number of furan rings is 1. The molecule has 3 N–H and O–H groups in total. The van der Waals surface area contributed by atoms with Crippen LogP contribution in [0, 0.1) is 13.8 Å². The van der Waals surface area contributed by atoms with Crippen molar-refractivity contribution in [2.24, 2.45) is 5.73 Å². The van der Waals surface area contributed by atoms with Crippen LogP contribution in [0.25, 0.3) is 16.7 Å².